The molecule has 0 N–H and O–H groups in total. The largest absolute Gasteiger partial charge is 0.120 e. The van der Waals surface area contributed by atoms with Gasteiger partial charge in [0.05, 0.1) is 0 Å². The van der Waals surface area contributed by atoms with Gasteiger partial charge in [0, 0.05) is 5.92 Å². The molecule has 0 amide bonds. The van der Waals surface area contributed by atoms with Gasteiger partial charge in [-0.15, -0.1) is 12.3 Å². The molecular formula is C12H20. The molecule has 1 unspecified atom stereocenters. The van der Waals surface area contributed by atoms with Crippen LogP contribution in [0.15, 0.2) is 0 Å². The van der Waals surface area contributed by atoms with Gasteiger partial charge >= 0.3 is 0 Å². The van der Waals surface area contributed by atoms with Crippen LogP contribution < -0.4 is 0 Å². The molecule has 0 nitrogen and oxygen atoms in total. The zero-order valence-electron chi connectivity index (χ0n) is 8.34. The Balaban J connectivity index is 2.31. The molecule has 0 aromatic carbocycles. The van der Waals surface area contributed by atoms with Crippen molar-refractivity contribution in [3.8, 4) is 12.3 Å². The molecule has 0 heteroatoms. The van der Waals surface area contributed by atoms with Crippen molar-refractivity contribution in [3.63, 3.8) is 0 Å². The summed E-state index contributed by atoms with van der Waals surface area (Å²) in [6.07, 6.45) is 12.3. The summed E-state index contributed by atoms with van der Waals surface area (Å²) in [4.78, 5) is 0. The predicted octanol–water partition coefficient (Wildman–Crippen LogP) is 3.47. The molecule has 12 heavy (non-hydrogen) atoms. The fourth-order valence-corrected chi connectivity index (χ4v) is 2.23. The Bertz CT molecular complexity index is 155. The quantitative estimate of drug-likeness (QED) is 0.548. The summed E-state index contributed by atoms with van der Waals surface area (Å²) in [5.41, 5.74) is 0. The highest BCUT2D eigenvalue weighted by Gasteiger charge is 2.22. The van der Waals surface area contributed by atoms with E-state index in [0.717, 1.165) is 11.8 Å². The summed E-state index contributed by atoms with van der Waals surface area (Å²) >= 11 is 0. The van der Waals surface area contributed by atoms with Crippen LogP contribution in [-0.2, 0) is 0 Å². The average Bonchev–Trinajstić information content (AvgIpc) is 2.17. The topological polar surface area (TPSA) is 0 Å². The van der Waals surface area contributed by atoms with Crippen LogP contribution in [0.2, 0.25) is 0 Å². The molecular weight excluding hydrogens is 144 g/mol. The molecule has 0 bridgehead atoms. The van der Waals surface area contributed by atoms with E-state index in [1.165, 1.54) is 32.1 Å². The Labute approximate surface area is 76.7 Å². The van der Waals surface area contributed by atoms with Crippen molar-refractivity contribution in [2.45, 2.75) is 46.0 Å². The summed E-state index contributed by atoms with van der Waals surface area (Å²) in [6, 6.07) is 0. The van der Waals surface area contributed by atoms with Crippen molar-refractivity contribution in [1.82, 2.24) is 0 Å². The molecule has 1 rings (SSSR count). The summed E-state index contributed by atoms with van der Waals surface area (Å²) in [7, 11) is 0. The molecule has 0 aromatic heterocycles. The minimum absolute atomic E-state index is 0.503. The van der Waals surface area contributed by atoms with Crippen molar-refractivity contribution in [2.75, 3.05) is 0 Å². The van der Waals surface area contributed by atoms with Gasteiger partial charge in [-0.1, -0.05) is 33.1 Å². The number of hydrogen-bond donors (Lipinski definition) is 0. The normalized spacial score (nSPS) is 32.4. The molecule has 1 saturated carbocycles. The van der Waals surface area contributed by atoms with Crippen LogP contribution in [0.4, 0.5) is 0 Å². The van der Waals surface area contributed by atoms with E-state index in [1.54, 1.807) is 0 Å². The van der Waals surface area contributed by atoms with Crippen molar-refractivity contribution >= 4 is 0 Å². The molecule has 1 aliphatic rings. The van der Waals surface area contributed by atoms with Crippen LogP contribution in [0.25, 0.3) is 0 Å². The van der Waals surface area contributed by atoms with Gasteiger partial charge in [0.15, 0.2) is 0 Å². The van der Waals surface area contributed by atoms with Gasteiger partial charge < -0.3 is 0 Å². The lowest BCUT2D eigenvalue weighted by Crippen LogP contribution is -2.18. The lowest BCUT2D eigenvalue weighted by molar-refractivity contribution is 0.238. The van der Waals surface area contributed by atoms with Gasteiger partial charge in [-0.25, -0.2) is 0 Å². The van der Waals surface area contributed by atoms with Crippen molar-refractivity contribution in [3.05, 3.63) is 0 Å². The van der Waals surface area contributed by atoms with Gasteiger partial charge in [0.1, 0.15) is 0 Å². The highest BCUT2D eigenvalue weighted by atomic mass is 14.3. The Morgan fingerprint density at radius 3 is 2.33 bits per heavy atom. The maximum atomic E-state index is 5.42. The standard InChI is InChI=1S/C12H20/c1-4-10(3)12-8-6-11(5-2)7-9-12/h1,10-12H,5-9H2,2-3H3. The molecule has 0 heterocycles. The van der Waals surface area contributed by atoms with Gasteiger partial charge in [-0.2, -0.15) is 0 Å². The van der Waals surface area contributed by atoms with Gasteiger partial charge in [0.25, 0.3) is 0 Å². The van der Waals surface area contributed by atoms with Crippen molar-refractivity contribution in [2.24, 2.45) is 17.8 Å². The third-order valence-corrected chi connectivity index (χ3v) is 3.44. The first-order valence-corrected chi connectivity index (χ1v) is 5.24. The summed E-state index contributed by atoms with van der Waals surface area (Å²) in [5.74, 6) is 5.18. The van der Waals surface area contributed by atoms with Crippen LogP contribution >= 0.6 is 0 Å². The number of rotatable bonds is 2. The average molecular weight is 164 g/mol. The fraction of sp³-hybridized carbons (Fsp3) is 0.833. The van der Waals surface area contributed by atoms with Gasteiger partial charge in [-0.3, -0.25) is 0 Å². The van der Waals surface area contributed by atoms with Crippen molar-refractivity contribution in [1.29, 1.82) is 0 Å². The van der Waals surface area contributed by atoms with Crippen LogP contribution in [0.5, 0.6) is 0 Å². The monoisotopic (exact) mass is 164 g/mol. The molecule has 0 aromatic rings. The Morgan fingerprint density at radius 2 is 1.92 bits per heavy atom. The minimum Gasteiger partial charge on any atom is -0.120 e. The SMILES string of the molecule is C#CC(C)C1CCC(CC)CC1. The van der Waals surface area contributed by atoms with E-state index in [1.807, 2.05) is 0 Å². The van der Waals surface area contributed by atoms with E-state index in [2.05, 4.69) is 19.8 Å². The summed E-state index contributed by atoms with van der Waals surface area (Å²) in [5, 5.41) is 0. The van der Waals surface area contributed by atoms with Gasteiger partial charge in [-0.05, 0) is 24.7 Å². The second-order valence-corrected chi connectivity index (χ2v) is 4.14. The van der Waals surface area contributed by atoms with Crippen LogP contribution in [0.1, 0.15) is 46.0 Å². The van der Waals surface area contributed by atoms with E-state index >= 15 is 0 Å². The first-order chi connectivity index (χ1) is 5.77. The van der Waals surface area contributed by atoms with Gasteiger partial charge in [0.2, 0.25) is 0 Å². The lowest BCUT2D eigenvalue weighted by atomic mass is 9.76. The molecule has 68 valence electrons. The van der Waals surface area contributed by atoms with E-state index in [0.29, 0.717) is 5.92 Å². The van der Waals surface area contributed by atoms with Crippen LogP contribution in [0, 0.1) is 30.1 Å². The highest BCUT2D eigenvalue weighted by molar-refractivity contribution is 4.94. The van der Waals surface area contributed by atoms with E-state index < -0.39 is 0 Å². The van der Waals surface area contributed by atoms with Crippen molar-refractivity contribution < 1.29 is 0 Å². The van der Waals surface area contributed by atoms with Crippen LogP contribution in [0.3, 0.4) is 0 Å². The maximum absolute atomic E-state index is 5.42. The molecule has 1 atom stereocenters. The lowest BCUT2D eigenvalue weighted by Gasteiger charge is -2.29. The van der Waals surface area contributed by atoms with E-state index in [-0.39, 0.29) is 0 Å². The second kappa shape index (κ2) is 4.55. The zero-order valence-corrected chi connectivity index (χ0v) is 8.34. The summed E-state index contributed by atoms with van der Waals surface area (Å²) < 4.78 is 0. The Morgan fingerprint density at radius 1 is 1.33 bits per heavy atom. The third kappa shape index (κ3) is 2.27. The molecule has 1 fully saturated rings. The molecule has 1 aliphatic carbocycles. The Kier molecular flexibility index (Phi) is 3.66. The molecule has 0 saturated heterocycles. The number of terminal acetylenes is 1. The first kappa shape index (κ1) is 9.65. The Hall–Kier alpha value is -0.440. The molecule has 0 aliphatic heterocycles. The second-order valence-electron chi connectivity index (χ2n) is 4.14. The van der Waals surface area contributed by atoms with Crippen LogP contribution in [-0.4, -0.2) is 0 Å². The fourth-order valence-electron chi connectivity index (χ4n) is 2.23. The third-order valence-electron chi connectivity index (χ3n) is 3.44. The molecule has 0 spiro atoms. The zero-order chi connectivity index (χ0) is 8.97. The maximum Gasteiger partial charge on any atom is 0.0200 e. The molecule has 0 radical (unpaired) electrons. The van der Waals surface area contributed by atoms with E-state index in [4.69, 9.17) is 6.42 Å². The van der Waals surface area contributed by atoms with E-state index in [9.17, 15) is 0 Å². The smallest absolute Gasteiger partial charge is 0.0200 e. The first-order valence-electron chi connectivity index (χ1n) is 5.24. The number of hydrogen-bond acceptors (Lipinski definition) is 0. The predicted molar refractivity (Wildman–Crippen MR) is 53.7 cm³/mol. The minimum atomic E-state index is 0.503. The highest BCUT2D eigenvalue weighted by Crippen LogP contribution is 2.34. The summed E-state index contributed by atoms with van der Waals surface area (Å²) in [6.45, 7) is 4.49.